The molecule has 0 unspecified atom stereocenters. The van der Waals surface area contributed by atoms with Crippen LogP contribution in [0.4, 0.5) is 0 Å². The van der Waals surface area contributed by atoms with Gasteiger partial charge in [0, 0.05) is 11.3 Å². The average molecular weight is 300 g/mol. The molecule has 5 heteroatoms. The molecule has 0 saturated carbocycles. The predicted molar refractivity (Wildman–Crippen MR) is 84.3 cm³/mol. The largest absolute Gasteiger partial charge is 0.411 e. The summed E-state index contributed by atoms with van der Waals surface area (Å²) in [6, 6.07) is 14.1. The third-order valence-electron chi connectivity index (χ3n) is 2.98. The van der Waals surface area contributed by atoms with E-state index in [-0.39, 0.29) is 0 Å². The minimum Gasteiger partial charge on any atom is -0.411 e. The van der Waals surface area contributed by atoms with Crippen molar-refractivity contribution in [2.75, 3.05) is 5.75 Å². The van der Waals surface area contributed by atoms with Crippen LogP contribution in [-0.4, -0.2) is 26.7 Å². The van der Waals surface area contributed by atoms with Gasteiger partial charge in [0.05, 0.1) is 5.60 Å². The first-order valence-electron chi connectivity index (χ1n) is 6.70. The van der Waals surface area contributed by atoms with E-state index in [0.717, 1.165) is 16.3 Å². The maximum atomic E-state index is 9.73. The Morgan fingerprint density at radius 3 is 2.67 bits per heavy atom. The lowest BCUT2D eigenvalue weighted by molar-refractivity contribution is 0.106. The first-order valence-corrected chi connectivity index (χ1v) is 7.68. The number of aromatic nitrogens is 2. The molecular formula is C16H16N2O2S. The average Bonchev–Trinajstić information content (AvgIpc) is 2.92. The molecule has 3 rings (SSSR count). The molecule has 1 heterocycles. The van der Waals surface area contributed by atoms with Gasteiger partial charge in [-0.25, -0.2) is 0 Å². The molecule has 0 saturated heterocycles. The highest BCUT2D eigenvalue weighted by atomic mass is 32.2. The standard InChI is InChI=1S/C16H16N2O2S/c1-16(2,19)10-21-15-18-17-14(20-15)13-9-5-7-11-6-3-4-8-12(11)13/h3-9,19H,10H2,1-2H3. The number of fused-ring (bicyclic) bond motifs is 1. The Hall–Kier alpha value is -1.85. The smallest absolute Gasteiger partial charge is 0.276 e. The van der Waals surface area contributed by atoms with Crippen molar-refractivity contribution in [3.05, 3.63) is 42.5 Å². The van der Waals surface area contributed by atoms with E-state index in [2.05, 4.69) is 22.3 Å². The fourth-order valence-electron chi connectivity index (χ4n) is 2.03. The number of benzene rings is 2. The highest BCUT2D eigenvalue weighted by Gasteiger charge is 2.17. The molecule has 0 bridgehead atoms. The molecule has 108 valence electrons. The third-order valence-corrected chi connectivity index (χ3v) is 4.24. The number of rotatable bonds is 4. The van der Waals surface area contributed by atoms with Crippen LogP contribution in [-0.2, 0) is 0 Å². The van der Waals surface area contributed by atoms with Gasteiger partial charge in [-0.05, 0) is 30.7 Å². The quantitative estimate of drug-likeness (QED) is 0.744. The van der Waals surface area contributed by atoms with Crippen molar-refractivity contribution in [3.8, 4) is 11.5 Å². The lowest BCUT2D eigenvalue weighted by atomic mass is 10.0. The Morgan fingerprint density at radius 2 is 1.86 bits per heavy atom. The molecule has 21 heavy (non-hydrogen) atoms. The van der Waals surface area contributed by atoms with Gasteiger partial charge in [0.2, 0.25) is 5.89 Å². The van der Waals surface area contributed by atoms with E-state index in [4.69, 9.17) is 4.42 Å². The Kier molecular flexibility index (Phi) is 3.69. The second kappa shape index (κ2) is 5.50. The Morgan fingerprint density at radius 1 is 1.10 bits per heavy atom. The summed E-state index contributed by atoms with van der Waals surface area (Å²) in [5.41, 5.74) is 0.161. The van der Waals surface area contributed by atoms with Crippen molar-refractivity contribution in [1.29, 1.82) is 0 Å². The van der Waals surface area contributed by atoms with E-state index in [9.17, 15) is 5.11 Å². The number of thioether (sulfide) groups is 1. The normalized spacial score (nSPS) is 12.0. The molecule has 0 atom stereocenters. The van der Waals surface area contributed by atoms with Gasteiger partial charge < -0.3 is 9.52 Å². The van der Waals surface area contributed by atoms with E-state index in [1.807, 2.05) is 30.3 Å². The summed E-state index contributed by atoms with van der Waals surface area (Å²) in [5.74, 6) is 1.01. The molecular weight excluding hydrogens is 284 g/mol. The van der Waals surface area contributed by atoms with Crippen LogP contribution in [0.5, 0.6) is 0 Å². The second-order valence-electron chi connectivity index (χ2n) is 5.50. The van der Waals surface area contributed by atoms with Crippen molar-refractivity contribution in [2.24, 2.45) is 0 Å². The number of hydrogen-bond donors (Lipinski definition) is 1. The topological polar surface area (TPSA) is 59.2 Å². The van der Waals surface area contributed by atoms with E-state index >= 15 is 0 Å². The predicted octanol–water partition coefficient (Wildman–Crippen LogP) is 3.75. The summed E-state index contributed by atoms with van der Waals surface area (Å²) in [7, 11) is 0. The second-order valence-corrected chi connectivity index (χ2v) is 6.43. The van der Waals surface area contributed by atoms with Crippen LogP contribution in [0.15, 0.2) is 52.1 Å². The SMILES string of the molecule is CC(C)(O)CSc1nnc(-c2cccc3ccccc23)o1. The molecule has 4 nitrogen and oxygen atoms in total. The van der Waals surface area contributed by atoms with Gasteiger partial charge in [0.15, 0.2) is 0 Å². The molecule has 0 amide bonds. The van der Waals surface area contributed by atoms with Crippen LogP contribution in [0.2, 0.25) is 0 Å². The Bertz CT molecular complexity index is 757. The fraction of sp³-hybridized carbons (Fsp3) is 0.250. The molecule has 0 spiro atoms. The minimum atomic E-state index is -0.765. The first-order chi connectivity index (χ1) is 10.0. The third kappa shape index (κ3) is 3.25. The van der Waals surface area contributed by atoms with Gasteiger partial charge in [-0.15, -0.1) is 10.2 Å². The maximum absolute atomic E-state index is 9.73. The maximum Gasteiger partial charge on any atom is 0.276 e. The van der Waals surface area contributed by atoms with Gasteiger partial charge in [0.1, 0.15) is 0 Å². The highest BCUT2D eigenvalue weighted by molar-refractivity contribution is 7.99. The Balaban J connectivity index is 1.92. The van der Waals surface area contributed by atoms with Gasteiger partial charge in [-0.2, -0.15) is 0 Å². The number of hydrogen-bond acceptors (Lipinski definition) is 5. The summed E-state index contributed by atoms with van der Waals surface area (Å²) in [6.45, 7) is 3.50. The van der Waals surface area contributed by atoms with Gasteiger partial charge in [-0.3, -0.25) is 0 Å². The van der Waals surface area contributed by atoms with Crippen LogP contribution in [0.25, 0.3) is 22.2 Å². The van der Waals surface area contributed by atoms with Crippen LogP contribution in [0.1, 0.15) is 13.8 Å². The Labute approximate surface area is 127 Å². The van der Waals surface area contributed by atoms with E-state index < -0.39 is 5.60 Å². The van der Waals surface area contributed by atoms with Gasteiger partial charge >= 0.3 is 0 Å². The van der Waals surface area contributed by atoms with Crippen LogP contribution in [0.3, 0.4) is 0 Å². The summed E-state index contributed by atoms with van der Waals surface area (Å²) < 4.78 is 5.70. The van der Waals surface area contributed by atoms with Crippen molar-refractivity contribution in [1.82, 2.24) is 10.2 Å². The monoisotopic (exact) mass is 300 g/mol. The lowest BCUT2D eigenvalue weighted by Gasteiger charge is -2.13. The molecule has 0 aliphatic heterocycles. The zero-order valence-electron chi connectivity index (χ0n) is 11.9. The van der Waals surface area contributed by atoms with Gasteiger partial charge in [0.25, 0.3) is 5.22 Å². The van der Waals surface area contributed by atoms with Crippen LogP contribution < -0.4 is 0 Å². The molecule has 0 radical (unpaired) electrons. The summed E-state index contributed by atoms with van der Waals surface area (Å²) in [4.78, 5) is 0. The molecule has 2 aromatic carbocycles. The van der Waals surface area contributed by atoms with E-state index in [1.54, 1.807) is 13.8 Å². The van der Waals surface area contributed by atoms with Crippen LogP contribution >= 0.6 is 11.8 Å². The number of aliphatic hydroxyl groups is 1. The summed E-state index contributed by atoms with van der Waals surface area (Å²) in [6.07, 6.45) is 0. The van der Waals surface area contributed by atoms with Crippen molar-refractivity contribution >= 4 is 22.5 Å². The van der Waals surface area contributed by atoms with Crippen molar-refractivity contribution in [2.45, 2.75) is 24.7 Å². The van der Waals surface area contributed by atoms with Gasteiger partial charge in [-0.1, -0.05) is 48.2 Å². The zero-order chi connectivity index (χ0) is 14.9. The molecule has 0 aliphatic rings. The zero-order valence-corrected chi connectivity index (χ0v) is 12.7. The molecule has 0 aliphatic carbocycles. The molecule has 0 fully saturated rings. The summed E-state index contributed by atoms with van der Waals surface area (Å²) in [5, 5.41) is 20.6. The summed E-state index contributed by atoms with van der Waals surface area (Å²) >= 11 is 1.36. The lowest BCUT2D eigenvalue weighted by Crippen LogP contribution is -2.21. The van der Waals surface area contributed by atoms with Crippen molar-refractivity contribution in [3.63, 3.8) is 0 Å². The van der Waals surface area contributed by atoms with E-state index in [1.165, 1.54) is 11.8 Å². The highest BCUT2D eigenvalue weighted by Crippen LogP contribution is 2.30. The fourth-order valence-corrected chi connectivity index (χ4v) is 2.74. The molecule has 1 N–H and O–H groups in total. The number of nitrogens with zero attached hydrogens (tertiary/aromatic N) is 2. The first kappa shape index (κ1) is 14.1. The van der Waals surface area contributed by atoms with Crippen LogP contribution in [0, 0.1) is 0 Å². The molecule has 1 aromatic heterocycles. The van der Waals surface area contributed by atoms with Crippen molar-refractivity contribution < 1.29 is 9.52 Å². The molecule has 3 aromatic rings. The van der Waals surface area contributed by atoms with E-state index in [0.29, 0.717) is 16.9 Å². The minimum absolute atomic E-state index is 0.472.